The summed E-state index contributed by atoms with van der Waals surface area (Å²) in [5, 5.41) is 19.8. The molecule has 1 amide bonds. The van der Waals surface area contributed by atoms with Gasteiger partial charge in [0.25, 0.3) is 0 Å². The molecule has 0 bridgehead atoms. The average Bonchev–Trinajstić information content (AvgIpc) is 2.64. The Balaban J connectivity index is -0.00000364. The van der Waals surface area contributed by atoms with Gasteiger partial charge >= 0.3 is 63.3 Å². The molecule has 0 aliphatic heterocycles. The quantitative estimate of drug-likeness (QED) is 0.200. The molecule has 0 aliphatic carbocycles. The van der Waals surface area contributed by atoms with Crippen LogP contribution in [0.25, 0.3) is 0 Å². The summed E-state index contributed by atoms with van der Waals surface area (Å²) in [4.78, 5) is 33.2. The van der Waals surface area contributed by atoms with Crippen LogP contribution in [0.5, 0.6) is 0 Å². The third-order valence-corrected chi connectivity index (χ3v) is 5.02. The van der Waals surface area contributed by atoms with Crippen molar-refractivity contribution in [3.8, 4) is 0 Å². The molecule has 166 valence electrons. The number of carbonyl (C=O) groups excluding carboxylic acids is 1. The molecular formula is C22H42KNO5. The van der Waals surface area contributed by atoms with E-state index in [0.717, 1.165) is 12.8 Å². The molecule has 0 heterocycles. The van der Waals surface area contributed by atoms with Crippen LogP contribution in [0.4, 0.5) is 0 Å². The molecule has 7 heteroatoms. The molecule has 0 rings (SSSR count). The number of rotatable bonds is 20. The zero-order valence-corrected chi connectivity index (χ0v) is 21.8. The van der Waals surface area contributed by atoms with Gasteiger partial charge < -0.3 is 17.0 Å². The maximum Gasteiger partial charge on any atom is 1.00 e. The SMILES string of the molecule is CCCCCCCCCCCCCCCCCC(=O)N[C@@H](CC(=O)O)C(=O)O.[H-].[K+]. The first-order valence-corrected chi connectivity index (χ1v) is 11.2. The number of nitrogens with one attached hydrogen (secondary N) is 1. The second-order valence-electron chi connectivity index (χ2n) is 7.76. The average molecular weight is 440 g/mol. The van der Waals surface area contributed by atoms with Gasteiger partial charge in [-0.2, -0.15) is 0 Å². The van der Waals surface area contributed by atoms with Gasteiger partial charge in [0, 0.05) is 6.42 Å². The van der Waals surface area contributed by atoms with Crippen molar-refractivity contribution in [3.63, 3.8) is 0 Å². The normalized spacial score (nSPS) is 11.5. The Hall–Kier alpha value is 0.0464. The Morgan fingerprint density at radius 1 is 0.724 bits per heavy atom. The van der Waals surface area contributed by atoms with E-state index in [1.54, 1.807) is 0 Å². The fourth-order valence-corrected chi connectivity index (χ4v) is 3.30. The first-order valence-electron chi connectivity index (χ1n) is 11.2. The van der Waals surface area contributed by atoms with Crippen LogP contribution < -0.4 is 56.7 Å². The smallest absolute Gasteiger partial charge is 1.00 e. The van der Waals surface area contributed by atoms with Crippen LogP contribution in [0.3, 0.4) is 0 Å². The number of unbranched alkanes of at least 4 members (excludes halogenated alkanes) is 14. The molecule has 0 spiro atoms. The minimum absolute atomic E-state index is 0. The molecule has 0 saturated carbocycles. The van der Waals surface area contributed by atoms with Crippen molar-refractivity contribution in [3.05, 3.63) is 0 Å². The van der Waals surface area contributed by atoms with Crippen molar-refractivity contribution >= 4 is 17.8 Å². The maximum atomic E-state index is 11.7. The molecule has 29 heavy (non-hydrogen) atoms. The number of hydrogen-bond acceptors (Lipinski definition) is 3. The van der Waals surface area contributed by atoms with E-state index in [4.69, 9.17) is 10.2 Å². The zero-order valence-electron chi connectivity index (χ0n) is 19.7. The Morgan fingerprint density at radius 2 is 1.10 bits per heavy atom. The molecule has 6 nitrogen and oxygen atoms in total. The van der Waals surface area contributed by atoms with Gasteiger partial charge in [0.1, 0.15) is 6.04 Å². The molecule has 0 saturated heterocycles. The number of hydrogen-bond donors (Lipinski definition) is 3. The Morgan fingerprint density at radius 3 is 1.45 bits per heavy atom. The van der Waals surface area contributed by atoms with Gasteiger partial charge in [0.15, 0.2) is 0 Å². The van der Waals surface area contributed by atoms with Gasteiger partial charge in [0.2, 0.25) is 5.91 Å². The van der Waals surface area contributed by atoms with E-state index in [0.29, 0.717) is 6.42 Å². The summed E-state index contributed by atoms with van der Waals surface area (Å²) in [5.74, 6) is -2.93. The first kappa shape index (κ1) is 31.2. The minimum atomic E-state index is -1.35. The van der Waals surface area contributed by atoms with Crippen LogP contribution in [-0.2, 0) is 14.4 Å². The van der Waals surface area contributed by atoms with Gasteiger partial charge in [-0.25, -0.2) is 4.79 Å². The van der Waals surface area contributed by atoms with E-state index >= 15 is 0 Å². The van der Waals surface area contributed by atoms with Gasteiger partial charge in [0.05, 0.1) is 6.42 Å². The molecule has 0 aromatic carbocycles. The van der Waals surface area contributed by atoms with Gasteiger partial charge in [-0.3, -0.25) is 9.59 Å². The molecule has 0 aliphatic rings. The Kier molecular flexibility index (Phi) is 24.5. The number of amides is 1. The predicted molar refractivity (Wildman–Crippen MR) is 112 cm³/mol. The van der Waals surface area contributed by atoms with Crippen LogP contribution in [0.15, 0.2) is 0 Å². The van der Waals surface area contributed by atoms with E-state index < -0.39 is 24.4 Å². The molecule has 0 aromatic heterocycles. The summed E-state index contributed by atoms with van der Waals surface area (Å²) < 4.78 is 0. The largest absolute Gasteiger partial charge is 1.00 e. The van der Waals surface area contributed by atoms with Gasteiger partial charge in [-0.1, -0.05) is 96.8 Å². The van der Waals surface area contributed by atoms with E-state index in [1.807, 2.05) is 0 Å². The van der Waals surface area contributed by atoms with E-state index in [1.165, 1.54) is 77.0 Å². The molecule has 3 N–H and O–H groups in total. The van der Waals surface area contributed by atoms with Crippen molar-refractivity contribution in [1.29, 1.82) is 0 Å². The van der Waals surface area contributed by atoms with Crippen LogP contribution in [-0.4, -0.2) is 34.1 Å². The molecular weight excluding hydrogens is 397 g/mol. The van der Waals surface area contributed by atoms with Crippen molar-refractivity contribution in [2.24, 2.45) is 0 Å². The molecule has 0 fully saturated rings. The standard InChI is InChI=1S/C22H41NO5.K.H/c1-2-3-4-5-6-7-8-9-10-11-12-13-14-15-16-17-20(24)23-19(22(27)28)18-21(25)26;;/h19H,2-18H2,1H3,(H,23,24)(H,25,26)(H,27,28);;/q;+1;-1/t19-;;/m0../s1. The Labute approximate surface area is 220 Å². The van der Waals surface area contributed by atoms with E-state index in [-0.39, 0.29) is 65.1 Å². The van der Waals surface area contributed by atoms with Gasteiger partial charge in [-0.15, -0.1) is 0 Å². The summed E-state index contributed by atoms with van der Waals surface area (Å²) in [6.07, 6.45) is 18.3. The first-order chi connectivity index (χ1) is 13.5. The van der Waals surface area contributed by atoms with Crippen LogP contribution in [0, 0.1) is 0 Å². The van der Waals surface area contributed by atoms with E-state index in [2.05, 4.69) is 12.2 Å². The molecule has 1 atom stereocenters. The second kappa shape index (κ2) is 22.7. The summed E-state index contributed by atoms with van der Waals surface area (Å²) >= 11 is 0. The van der Waals surface area contributed by atoms with Crippen LogP contribution in [0.1, 0.15) is 118 Å². The number of carboxylic acid groups (broad SMARTS) is 2. The topological polar surface area (TPSA) is 104 Å². The number of carboxylic acids is 2. The minimum Gasteiger partial charge on any atom is -1.00 e. The fraction of sp³-hybridized carbons (Fsp3) is 0.864. The second-order valence-corrected chi connectivity index (χ2v) is 7.76. The zero-order chi connectivity index (χ0) is 21.0. The molecule has 0 aromatic rings. The molecule has 0 radical (unpaired) electrons. The summed E-state index contributed by atoms with van der Waals surface area (Å²) in [6.45, 7) is 2.25. The predicted octanol–water partition coefficient (Wildman–Crippen LogP) is 2.41. The summed E-state index contributed by atoms with van der Waals surface area (Å²) in [6, 6.07) is -1.35. The number of aliphatic carboxylic acids is 2. The van der Waals surface area contributed by atoms with Crippen LogP contribution >= 0.6 is 0 Å². The third kappa shape index (κ3) is 22.6. The van der Waals surface area contributed by atoms with Gasteiger partial charge in [-0.05, 0) is 6.42 Å². The van der Waals surface area contributed by atoms with Crippen LogP contribution in [0.2, 0.25) is 0 Å². The van der Waals surface area contributed by atoms with Crippen molar-refractivity contribution in [1.82, 2.24) is 5.32 Å². The molecule has 0 unspecified atom stereocenters. The van der Waals surface area contributed by atoms with Crippen molar-refractivity contribution in [2.45, 2.75) is 122 Å². The monoisotopic (exact) mass is 439 g/mol. The van der Waals surface area contributed by atoms with Crippen molar-refractivity contribution < 1.29 is 77.4 Å². The number of carbonyl (C=O) groups is 3. The van der Waals surface area contributed by atoms with Crippen molar-refractivity contribution in [2.75, 3.05) is 0 Å². The Bertz CT molecular complexity index is 438. The summed E-state index contributed by atoms with van der Waals surface area (Å²) in [5.41, 5.74) is 0. The summed E-state index contributed by atoms with van der Waals surface area (Å²) in [7, 11) is 0. The van der Waals surface area contributed by atoms with E-state index in [9.17, 15) is 14.4 Å². The maximum absolute atomic E-state index is 11.7. The third-order valence-electron chi connectivity index (χ3n) is 5.02. The fourth-order valence-electron chi connectivity index (χ4n) is 3.30.